The topological polar surface area (TPSA) is 52.0 Å². The Bertz CT molecular complexity index is 673. The van der Waals surface area contributed by atoms with Gasteiger partial charge < -0.3 is 10.2 Å². The van der Waals surface area contributed by atoms with E-state index in [4.69, 9.17) is 10.2 Å². The molecule has 0 saturated carbocycles. The number of hydrogen-bond acceptors (Lipinski definition) is 3. The molecule has 1 heterocycles. The zero-order valence-electron chi connectivity index (χ0n) is 10.1. The maximum atomic E-state index is 5.77. The molecule has 0 bridgehead atoms. The minimum Gasteiger partial charge on any atom is -0.440 e. The van der Waals surface area contributed by atoms with Crippen molar-refractivity contribution in [2.24, 2.45) is 0 Å². The largest absolute Gasteiger partial charge is 0.440 e. The molecule has 0 fully saturated rings. The third kappa shape index (κ3) is 1.84. The minimum atomic E-state index is 0.139. The SMILES string of the molecule is CC(c1ccccc1)c1nc2cc(N)ccc2o1. The highest BCUT2D eigenvalue weighted by Crippen LogP contribution is 2.27. The van der Waals surface area contributed by atoms with Crippen LogP contribution in [-0.4, -0.2) is 4.98 Å². The number of nitrogens with two attached hydrogens (primary N) is 1. The van der Waals surface area contributed by atoms with E-state index in [0.29, 0.717) is 5.69 Å². The predicted octanol–water partition coefficient (Wildman–Crippen LogP) is 3.56. The molecule has 0 radical (unpaired) electrons. The summed E-state index contributed by atoms with van der Waals surface area (Å²) in [5.74, 6) is 0.863. The minimum absolute atomic E-state index is 0.139. The summed E-state index contributed by atoms with van der Waals surface area (Å²) in [7, 11) is 0. The predicted molar refractivity (Wildman–Crippen MR) is 72.4 cm³/mol. The molecule has 3 heteroatoms. The van der Waals surface area contributed by atoms with Crippen LogP contribution in [0.1, 0.15) is 24.3 Å². The fourth-order valence-corrected chi connectivity index (χ4v) is 2.03. The summed E-state index contributed by atoms with van der Waals surface area (Å²) >= 11 is 0. The summed E-state index contributed by atoms with van der Waals surface area (Å²) in [5, 5.41) is 0. The summed E-state index contributed by atoms with van der Waals surface area (Å²) < 4.78 is 5.77. The van der Waals surface area contributed by atoms with Crippen LogP contribution in [-0.2, 0) is 0 Å². The average Bonchev–Trinajstić information content (AvgIpc) is 2.81. The second-order valence-corrected chi connectivity index (χ2v) is 4.41. The molecule has 0 aliphatic carbocycles. The van der Waals surface area contributed by atoms with Gasteiger partial charge in [0.15, 0.2) is 5.58 Å². The van der Waals surface area contributed by atoms with Gasteiger partial charge in [0.05, 0.1) is 5.92 Å². The lowest BCUT2D eigenvalue weighted by molar-refractivity contribution is 0.512. The Kier molecular flexibility index (Phi) is 2.52. The van der Waals surface area contributed by atoms with Crippen molar-refractivity contribution in [1.82, 2.24) is 4.98 Å². The molecule has 1 aromatic heterocycles. The van der Waals surface area contributed by atoms with Crippen molar-refractivity contribution in [3.05, 3.63) is 60.0 Å². The maximum absolute atomic E-state index is 5.77. The maximum Gasteiger partial charge on any atom is 0.202 e. The lowest BCUT2D eigenvalue weighted by Gasteiger charge is -2.06. The second-order valence-electron chi connectivity index (χ2n) is 4.41. The van der Waals surface area contributed by atoms with Crippen LogP contribution < -0.4 is 5.73 Å². The number of anilines is 1. The summed E-state index contributed by atoms with van der Waals surface area (Å²) in [6.07, 6.45) is 0. The molecule has 0 spiro atoms. The van der Waals surface area contributed by atoms with E-state index in [2.05, 4.69) is 24.0 Å². The van der Waals surface area contributed by atoms with Crippen molar-refractivity contribution >= 4 is 16.8 Å². The van der Waals surface area contributed by atoms with Gasteiger partial charge in [0.1, 0.15) is 5.52 Å². The Morgan fingerprint density at radius 1 is 1.11 bits per heavy atom. The number of rotatable bonds is 2. The van der Waals surface area contributed by atoms with Crippen LogP contribution in [0.5, 0.6) is 0 Å². The highest BCUT2D eigenvalue weighted by Gasteiger charge is 2.15. The Morgan fingerprint density at radius 2 is 1.89 bits per heavy atom. The van der Waals surface area contributed by atoms with Gasteiger partial charge in [-0.2, -0.15) is 0 Å². The molecule has 2 aromatic carbocycles. The van der Waals surface area contributed by atoms with Crippen molar-refractivity contribution < 1.29 is 4.42 Å². The van der Waals surface area contributed by atoms with Crippen LogP contribution in [0.15, 0.2) is 52.9 Å². The van der Waals surface area contributed by atoms with Gasteiger partial charge in [-0.1, -0.05) is 30.3 Å². The van der Waals surface area contributed by atoms with Crippen molar-refractivity contribution in [2.45, 2.75) is 12.8 Å². The molecule has 0 saturated heterocycles. The summed E-state index contributed by atoms with van der Waals surface area (Å²) in [6.45, 7) is 2.09. The molecule has 2 N–H and O–H groups in total. The number of hydrogen-bond donors (Lipinski definition) is 1. The van der Waals surface area contributed by atoms with Crippen LogP contribution in [0.25, 0.3) is 11.1 Å². The first-order valence-corrected chi connectivity index (χ1v) is 5.95. The average molecular weight is 238 g/mol. The van der Waals surface area contributed by atoms with Crippen molar-refractivity contribution in [3.63, 3.8) is 0 Å². The Labute approximate surface area is 105 Å². The highest BCUT2D eigenvalue weighted by atomic mass is 16.3. The van der Waals surface area contributed by atoms with Gasteiger partial charge in [-0.25, -0.2) is 4.98 Å². The zero-order valence-corrected chi connectivity index (χ0v) is 10.1. The lowest BCUT2D eigenvalue weighted by Crippen LogP contribution is -1.95. The van der Waals surface area contributed by atoms with Gasteiger partial charge in [0.25, 0.3) is 0 Å². The van der Waals surface area contributed by atoms with Crippen LogP contribution in [0.2, 0.25) is 0 Å². The number of benzene rings is 2. The molecule has 18 heavy (non-hydrogen) atoms. The molecule has 3 aromatic rings. The Morgan fingerprint density at radius 3 is 2.67 bits per heavy atom. The zero-order chi connectivity index (χ0) is 12.5. The molecular formula is C15H14N2O. The van der Waals surface area contributed by atoms with E-state index in [1.54, 1.807) is 0 Å². The Balaban J connectivity index is 2.04. The van der Waals surface area contributed by atoms with E-state index in [-0.39, 0.29) is 5.92 Å². The third-order valence-electron chi connectivity index (χ3n) is 3.10. The molecule has 1 atom stereocenters. The fraction of sp³-hybridized carbons (Fsp3) is 0.133. The van der Waals surface area contributed by atoms with Gasteiger partial charge in [0.2, 0.25) is 5.89 Å². The number of nitrogen functional groups attached to an aromatic ring is 1. The number of fused-ring (bicyclic) bond motifs is 1. The molecule has 0 aliphatic rings. The van der Waals surface area contributed by atoms with E-state index in [1.807, 2.05) is 36.4 Å². The van der Waals surface area contributed by atoms with E-state index < -0.39 is 0 Å². The lowest BCUT2D eigenvalue weighted by atomic mass is 10.0. The second kappa shape index (κ2) is 4.18. The van der Waals surface area contributed by atoms with Crippen molar-refractivity contribution in [1.29, 1.82) is 0 Å². The van der Waals surface area contributed by atoms with Gasteiger partial charge in [-0.15, -0.1) is 0 Å². The highest BCUT2D eigenvalue weighted by molar-refractivity contribution is 5.76. The molecule has 0 aliphatic heterocycles. The van der Waals surface area contributed by atoms with Gasteiger partial charge in [-0.3, -0.25) is 0 Å². The quantitative estimate of drug-likeness (QED) is 0.694. The third-order valence-corrected chi connectivity index (χ3v) is 3.10. The smallest absolute Gasteiger partial charge is 0.202 e. The molecule has 1 unspecified atom stereocenters. The van der Waals surface area contributed by atoms with E-state index in [1.165, 1.54) is 5.56 Å². The molecular weight excluding hydrogens is 224 g/mol. The van der Waals surface area contributed by atoms with Gasteiger partial charge >= 0.3 is 0 Å². The molecule has 3 nitrogen and oxygen atoms in total. The first-order valence-electron chi connectivity index (χ1n) is 5.95. The van der Waals surface area contributed by atoms with E-state index in [9.17, 15) is 0 Å². The van der Waals surface area contributed by atoms with Gasteiger partial charge in [-0.05, 0) is 30.7 Å². The normalized spacial score (nSPS) is 12.7. The number of oxazole rings is 1. The standard InChI is InChI=1S/C15H14N2O/c1-10(11-5-3-2-4-6-11)15-17-13-9-12(16)7-8-14(13)18-15/h2-10H,16H2,1H3. The monoisotopic (exact) mass is 238 g/mol. The fourth-order valence-electron chi connectivity index (χ4n) is 2.03. The molecule has 3 rings (SSSR count). The van der Waals surface area contributed by atoms with Gasteiger partial charge in [0, 0.05) is 5.69 Å². The number of aromatic nitrogens is 1. The summed E-state index contributed by atoms with van der Waals surface area (Å²) in [5.41, 5.74) is 9.23. The summed E-state index contributed by atoms with van der Waals surface area (Å²) in [6, 6.07) is 15.7. The van der Waals surface area contributed by atoms with E-state index >= 15 is 0 Å². The van der Waals surface area contributed by atoms with E-state index in [0.717, 1.165) is 17.0 Å². The van der Waals surface area contributed by atoms with Crippen LogP contribution in [0.4, 0.5) is 5.69 Å². The first-order chi connectivity index (χ1) is 8.74. The van der Waals surface area contributed by atoms with Crippen LogP contribution >= 0.6 is 0 Å². The first kappa shape index (κ1) is 10.8. The summed E-state index contributed by atoms with van der Waals surface area (Å²) in [4.78, 5) is 4.50. The number of nitrogens with zero attached hydrogens (tertiary/aromatic N) is 1. The molecule has 90 valence electrons. The van der Waals surface area contributed by atoms with Crippen molar-refractivity contribution in [2.75, 3.05) is 5.73 Å². The van der Waals surface area contributed by atoms with Crippen molar-refractivity contribution in [3.8, 4) is 0 Å². The van der Waals surface area contributed by atoms with Crippen LogP contribution in [0.3, 0.4) is 0 Å². The van der Waals surface area contributed by atoms with Crippen LogP contribution in [0, 0.1) is 0 Å². The molecule has 0 amide bonds. The Hall–Kier alpha value is -2.29.